The summed E-state index contributed by atoms with van der Waals surface area (Å²) in [5.74, 6) is 2.35. The van der Waals surface area contributed by atoms with Gasteiger partial charge in [-0.2, -0.15) is 0 Å². The third kappa shape index (κ3) is 9.45. The molecule has 0 aliphatic heterocycles. The van der Waals surface area contributed by atoms with Crippen molar-refractivity contribution in [2.24, 2.45) is 28.3 Å². The van der Waals surface area contributed by atoms with E-state index in [1.54, 1.807) is 13.3 Å². The predicted molar refractivity (Wildman–Crippen MR) is 204 cm³/mol. The number of oxime groups is 1. The second-order valence-corrected chi connectivity index (χ2v) is 20.6. The first-order valence-electron chi connectivity index (χ1n) is 18.4. The van der Waals surface area contributed by atoms with E-state index in [4.69, 9.17) is 23.1 Å². The van der Waals surface area contributed by atoms with Gasteiger partial charge in [-0.3, -0.25) is 13.8 Å². The molecule has 0 radical (unpaired) electrons. The highest BCUT2D eigenvalue weighted by Gasteiger charge is 2.58. The number of fused-ring (bicyclic) bond motifs is 5. The van der Waals surface area contributed by atoms with Crippen LogP contribution in [0.4, 0.5) is 5.13 Å². The van der Waals surface area contributed by atoms with Crippen LogP contribution in [0.3, 0.4) is 0 Å². The zero-order chi connectivity index (χ0) is 37.6. The lowest BCUT2D eigenvalue weighted by Crippen LogP contribution is -2.44. The molecule has 1 aromatic heterocycles. The molecule has 0 spiro atoms. The Morgan fingerprint density at radius 3 is 2.35 bits per heavy atom. The summed E-state index contributed by atoms with van der Waals surface area (Å²) < 4.78 is 37.4. The number of aryl methyl sites for hydroxylation is 2. The van der Waals surface area contributed by atoms with Crippen LogP contribution >= 0.6 is 19.2 Å². The molecule has 1 N–H and O–H groups in total. The second kappa shape index (κ2) is 14.8. The van der Waals surface area contributed by atoms with Gasteiger partial charge in [0, 0.05) is 22.9 Å². The molecule has 2 saturated carbocycles. The maximum absolute atomic E-state index is 13.7. The summed E-state index contributed by atoms with van der Waals surface area (Å²) in [6.07, 6.45) is 7.97. The quantitative estimate of drug-likeness (QED) is 0.137. The summed E-state index contributed by atoms with van der Waals surface area (Å²) >= 11 is 1.50. The first-order valence-corrected chi connectivity index (χ1v) is 20.7. The minimum Gasteiger partial charge on any atom is -0.467 e. The van der Waals surface area contributed by atoms with Crippen molar-refractivity contribution < 1.29 is 32.5 Å². The van der Waals surface area contributed by atoms with Crippen LogP contribution in [0.15, 0.2) is 23.5 Å². The fraction of sp³-hybridized carbons (Fsp3) is 0.718. The maximum atomic E-state index is 13.7. The van der Waals surface area contributed by atoms with Gasteiger partial charge in [-0.25, -0.2) is 14.1 Å². The van der Waals surface area contributed by atoms with E-state index < -0.39 is 19.0 Å². The van der Waals surface area contributed by atoms with E-state index in [1.807, 2.05) is 48.5 Å². The zero-order valence-corrected chi connectivity index (χ0v) is 34.5. The fourth-order valence-electron chi connectivity index (χ4n) is 8.71. The van der Waals surface area contributed by atoms with Crippen LogP contribution in [0.25, 0.3) is 0 Å². The van der Waals surface area contributed by atoms with Crippen molar-refractivity contribution in [2.75, 3.05) is 19.2 Å². The number of anilines is 1. The molecule has 1 amide bonds. The van der Waals surface area contributed by atoms with Crippen LogP contribution in [0, 0.1) is 30.1 Å². The predicted octanol–water partition coefficient (Wildman–Crippen LogP) is 10.3. The van der Waals surface area contributed by atoms with Crippen LogP contribution in [0.1, 0.15) is 135 Å². The summed E-state index contributed by atoms with van der Waals surface area (Å²) in [6, 6.07) is 4.54. The normalized spacial score (nSPS) is 26.0. The van der Waals surface area contributed by atoms with Gasteiger partial charge in [0.2, 0.25) is 5.91 Å². The number of nitrogens with zero attached hydrogens (tertiary/aromatic N) is 2. The van der Waals surface area contributed by atoms with Gasteiger partial charge in [0.25, 0.3) is 0 Å². The molecular weight excluding hydrogens is 685 g/mol. The molecule has 3 aliphatic carbocycles. The molecule has 1 heterocycles. The summed E-state index contributed by atoms with van der Waals surface area (Å²) in [5.41, 5.74) is 3.16. The van der Waals surface area contributed by atoms with Gasteiger partial charge in [0.05, 0.1) is 16.9 Å². The Balaban J connectivity index is 1.38. The molecule has 0 bridgehead atoms. The Morgan fingerprint density at radius 1 is 1.08 bits per heavy atom. The number of nitrogens with one attached hydrogen (secondary N) is 1. The minimum atomic E-state index is -3.93. The van der Waals surface area contributed by atoms with Gasteiger partial charge in [-0.05, 0) is 139 Å². The molecule has 5 atom stereocenters. The van der Waals surface area contributed by atoms with Crippen LogP contribution in [-0.4, -0.2) is 41.7 Å². The third-order valence-corrected chi connectivity index (χ3v) is 13.3. The lowest BCUT2D eigenvalue weighted by atomic mass is 9.53. The molecule has 3 unspecified atom stereocenters. The number of thiazole rings is 1. The summed E-state index contributed by atoms with van der Waals surface area (Å²) in [7, 11) is -2.29. The van der Waals surface area contributed by atoms with E-state index in [9.17, 15) is 9.36 Å². The molecule has 5 rings (SSSR count). The largest absolute Gasteiger partial charge is 0.478 e. The third-order valence-electron chi connectivity index (χ3n) is 10.5. The Kier molecular flexibility index (Phi) is 11.6. The number of benzene rings is 1. The average molecular weight is 746 g/mol. The van der Waals surface area contributed by atoms with E-state index >= 15 is 0 Å². The molecule has 51 heavy (non-hydrogen) atoms. The van der Waals surface area contributed by atoms with Crippen LogP contribution in [-0.2, 0) is 39.6 Å². The summed E-state index contributed by atoms with van der Waals surface area (Å²) in [5, 5.41) is 8.26. The van der Waals surface area contributed by atoms with E-state index in [0.717, 1.165) is 60.4 Å². The van der Waals surface area contributed by atoms with Crippen molar-refractivity contribution in [1.29, 1.82) is 0 Å². The van der Waals surface area contributed by atoms with Gasteiger partial charge >= 0.3 is 7.82 Å². The fourth-order valence-corrected chi connectivity index (χ4v) is 11.1. The Labute approximate surface area is 309 Å². The average Bonchev–Trinajstić information content (AvgIpc) is 3.52. The molecule has 284 valence electrons. The standard InChI is InChI=1S/C39H60N3O7PS/c1-24-22-40-35(51-24)41-33(43)16-14-26-20-32(42-45-12)39(11)18-17-27-28(34(26)39)15-13-25-19-31(30(21-29(25)27)36(2,3)4)46-23-47-50(44,48-37(5,6)7)49-38(8,9)10/h19,21-22,26-28,34H,13-18,20,23H2,1-12H3,(H,40,41,43)/b42-32+/t26-,27?,28?,34?,39-/m1/s1. The number of aromatic nitrogens is 1. The van der Waals surface area contributed by atoms with Gasteiger partial charge < -0.3 is 14.9 Å². The highest BCUT2D eigenvalue weighted by molar-refractivity contribution is 7.48. The lowest BCUT2D eigenvalue weighted by molar-refractivity contribution is -0.116. The number of ether oxygens (including phenoxy) is 1. The highest BCUT2D eigenvalue weighted by Crippen LogP contribution is 2.63. The number of hydrogen-bond acceptors (Lipinski definition) is 10. The van der Waals surface area contributed by atoms with Crippen molar-refractivity contribution >= 4 is 35.9 Å². The van der Waals surface area contributed by atoms with Crippen LogP contribution in [0.5, 0.6) is 5.75 Å². The van der Waals surface area contributed by atoms with Gasteiger partial charge in [0.15, 0.2) is 11.9 Å². The number of carbonyl (C=O) groups excluding carboxylic acids is 1. The zero-order valence-electron chi connectivity index (χ0n) is 32.8. The molecule has 3 aliphatic rings. The van der Waals surface area contributed by atoms with Gasteiger partial charge in [-0.1, -0.05) is 38.9 Å². The topological polar surface area (TPSA) is 118 Å². The van der Waals surface area contributed by atoms with Crippen LogP contribution in [0.2, 0.25) is 0 Å². The SMILES string of the molecule is CO/N=C1\C[C@@H](CCC(=O)Nc2ncc(C)s2)C2C3CCc4cc(OCOP(=O)(OC(C)(C)C)OC(C)(C)C)c(C(C)(C)C)cc4C3CC[C@]12C. The number of carbonyl (C=O) groups is 1. The summed E-state index contributed by atoms with van der Waals surface area (Å²) in [6.45, 7) is 21.6. The van der Waals surface area contributed by atoms with E-state index in [2.05, 4.69) is 55.3 Å². The van der Waals surface area contributed by atoms with E-state index in [1.165, 1.54) is 22.5 Å². The Bertz CT molecular complexity index is 1630. The lowest BCUT2D eigenvalue weighted by Gasteiger charge is -2.50. The minimum absolute atomic E-state index is 0.0159. The molecular formula is C39H60N3O7PS. The molecule has 2 fully saturated rings. The molecule has 0 saturated heterocycles. The highest BCUT2D eigenvalue weighted by atomic mass is 32.1. The van der Waals surface area contributed by atoms with Gasteiger partial charge in [0.1, 0.15) is 12.9 Å². The number of amides is 1. The second-order valence-electron chi connectivity index (χ2n) is 17.9. The maximum Gasteiger partial charge on any atom is 0.478 e. The molecule has 1 aromatic carbocycles. The van der Waals surface area contributed by atoms with Crippen molar-refractivity contribution in [2.45, 2.75) is 144 Å². The number of rotatable bonds is 11. The molecule has 2 aromatic rings. The van der Waals surface area contributed by atoms with Gasteiger partial charge in [-0.15, -0.1) is 11.3 Å². The number of phosphoric ester groups is 1. The first-order chi connectivity index (χ1) is 23.6. The Morgan fingerprint density at radius 2 is 1.76 bits per heavy atom. The van der Waals surface area contributed by atoms with E-state index in [0.29, 0.717) is 35.2 Å². The smallest absolute Gasteiger partial charge is 0.467 e. The first kappa shape index (κ1) is 39.9. The van der Waals surface area contributed by atoms with E-state index in [-0.39, 0.29) is 23.5 Å². The summed E-state index contributed by atoms with van der Waals surface area (Å²) in [4.78, 5) is 23.8. The van der Waals surface area contributed by atoms with Crippen molar-refractivity contribution in [3.63, 3.8) is 0 Å². The monoisotopic (exact) mass is 745 g/mol. The molecule has 10 nitrogen and oxygen atoms in total. The number of phosphoric acid groups is 1. The van der Waals surface area contributed by atoms with Crippen molar-refractivity contribution in [3.05, 3.63) is 39.9 Å². The van der Waals surface area contributed by atoms with Crippen LogP contribution < -0.4 is 10.1 Å². The molecule has 12 heteroatoms. The van der Waals surface area contributed by atoms with Crippen molar-refractivity contribution in [1.82, 2.24) is 4.98 Å². The van der Waals surface area contributed by atoms with Crippen molar-refractivity contribution in [3.8, 4) is 5.75 Å². The number of hydrogen-bond donors (Lipinski definition) is 1. The Hall–Kier alpha value is -2.30.